The van der Waals surface area contributed by atoms with Crippen molar-refractivity contribution in [2.24, 2.45) is 0 Å². The topological polar surface area (TPSA) is 64.6 Å². The summed E-state index contributed by atoms with van der Waals surface area (Å²) in [7, 11) is 1.30. The number of carbonyl (C=O) groups is 2. The van der Waals surface area contributed by atoms with E-state index in [1.54, 1.807) is 42.5 Å². The van der Waals surface area contributed by atoms with E-state index in [4.69, 9.17) is 9.47 Å². The lowest BCUT2D eigenvalue weighted by Crippen LogP contribution is -2.15. The minimum absolute atomic E-state index is 0.303. The van der Waals surface area contributed by atoms with E-state index in [0.717, 1.165) is 12.8 Å². The summed E-state index contributed by atoms with van der Waals surface area (Å²) in [5.74, 6) is -0.131. The zero-order chi connectivity index (χ0) is 18.2. The number of hydrogen-bond donors (Lipinski definition) is 1. The van der Waals surface area contributed by atoms with Crippen LogP contribution in [0.1, 0.15) is 40.5 Å². The first-order chi connectivity index (χ1) is 12.1. The van der Waals surface area contributed by atoms with Gasteiger partial charge in [-0.25, -0.2) is 4.79 Å². The highest BCUT2D eigenvalue weighted by Gasteiger charge is 2.15. The van der Waals surface area contributed by atoms with E-state index in [0.29, 0.717) is 33.6 Å². The average molecular weight is 406 g/mol. The number of unbranched alkanes of at least 4 members (excludes halogenated alkanes) is 1. The highest BCUT2D eigenvalue weighted by Crippen LogP contribution is 2.27. The number of halogens is 1. The molecule has 5 nitrogen and oxygen atoms in total. The fourth-order valence-corrected chi connectivity index (χ4v) is 2.65. The first-order valence-corrected chi connectivity index (χ1v) is 8.77. The van der Waals surface area contributed by atoms with E-state index >= 15 is 0 Å². The summed E-state index contributed by atoms with van der Waals surface area (Å²) in [6.45, 7) is 2.73. The lowest BCUT2D eigenvalue weighted by molar-refractivity contribution is 0.0602. The molecule has 0 radical (unpaired) electrons. The Kier molecular flexibility index (Phi) is 7.01. The molecule has 0 saturated carbocycles. The lowest BCUT2D eigenvalue weighted by Gasteiger charge is -2.11. The molecule has 0 atom stereocenters. The maximum absolute atomic E-state index is 12.5. The molecule has 2 aromatic carbocycles. The van der Waals surface area contributed by atoms with Crippen LogP contribution in [-0.4, -0.2) is 25.6 Å². The smallest absolute Gasteiger partial charge is 0.339 e. The van der Waals surface area contributed by atoms with Crippen LogP contribution >= 0.6 is 15.9 Å². The van der Waals surface area contributed by atoms with Crippen molar-refractivity contribution in [1.29, 1.82) is 0 Å². The van der Waals surface area contributed by atoms with Crippen LogP contribution < -0.4 is 10.1 Å². The number of amides is 1. The normalized spacial score (nSPS) is 10.2. The first kappa shape index (κ1) is 19.0. The average Bonchev–Trinajstić information content (AvgIpc) is 2.63. The Labute approximate surface area is 155 Å². The van der Waals surface area contributed by atoms with Crippen LogP contribution in [0.2, 0.25) is 0 Å². The quantitative estimate of drug-likeness (QED) is 0.536. The van der Waals surface area contributed by atoms with Crippen molar-refractivity contribution >= 4 is 33.5 Å². The molecule has 1 amide bonds. The number of anilines is 1. The fraction of sp³-hybridized carbons (Fsp3) is 0.263. The second-order valence-corrected chi connectivity index (χ2v) is 6.19. The fourth-order valence-electron chi connectivity index (χ4n) is 2.16. The molecule has 1 N–H and O–H groups in total. The van der Waals surface area contributed by atoms with E-state index in [-0.39, 0.29) is 5.91 Å². The molecule has 2 aromatic rings. The monoisotopic (exact) mass is 405 g/mol. The van der Waals surface area contributed by atoms with Crippen LogP contribution in [0.4, 0.5) is 5.69 Å². The molecule has 0 bridgehead atoms. The summed E-state index contributed by atoms with van der Waals surface area (Å²) < 4.78 is 11.1. The van der Waals surface area contributed by atoms with Crippen LogP contribution in [0.3, 0.4) is 0 Å². The molecule has 0 fully saturated rings. The van der Waals surface area contributed by atoms with Gasteiger partial charge in [0.15, 0.2) is 0 Å². The number of ether oxygens (including phenoxy) is 2. The minimum Gasteiger partial charge on any atom is -0.492 e. The van der Waals surface area contributed by atoms with Crippen molar-refractivity contribution in [3.8, 4) is 5.75 Å². The standard InChI is InChI=1S/C19H20BrNO4/c1-3-4-11-25-17-10-9-13(12-15(17)20)18(22)21-16-8-6-5-7-14(16)19(23)24-2/h5-10,12H,3-4,11H2,1-2H3,(H,21,22). The third-order valence-corrected chi connectivity index (χ3v) is 4.15. The second-order valence-electron chi connectivity index (χ2n) is 5.34. The third kappa shape index (κ3) is 5.06. The number of nitrogens with one attached hydrogen (secondary N) is 1. The van der Waals surface area contributed by atoms with Crippen LogP contribution in [0.25, 0.3) is 0 Å². The van der Waals surface area contributed by atoms with Gasteiger partial charge in [-0.15, -0.1) is 0 Å². The predicted molar refractivity (Wildman–Crippen MR) is 100 cm³/mol. The van der Waals surface area contributed by atoms with Gasteiger partial charge in [-0.1, -0.05) is 25.5 Å². The number of carbonyl (C=O) groups excluding carboxylic acids is 2. The molecule has 0 spiro atoms. The van der Waals surface area contributed by atoms with Gasteiger partial charge in [0.2, 0.25) is 0 Å². The zero-order valence-electron chi connectivity index (χ0n) is 14.2. The van der Waals surface area contributed by atoms with Crippen LogP contribution in [0.5, 0.6) is 5.75 Å². The predicted octanol–water partition coefficient (Wildman–Crippen LogP) is 4.67. The maximum Gasteiger partial charge on any atom is 0.339 e. The molecule has 0 saturated heterocycles. The molecule has 25 heavy (non-hydrogen) atoms. The minimum atomic E-state index is -0.503. The lowest BCUT2D eigenvalue weighted by atomic mass is 10.1. The molecule has 0 aliphatic carbocycles. The Bertz CT molecular complexity index is 761. The number of esters is 1. The van der Waals surface area contributed by atoms with Gasteiger partial charge >= 0.3 is 5.97 Å². The summed E-state index contributed by atoms with van der Waals surface area (Å²) in [6, 6.07) is 11.8. The molecule has 0 aliphatic heterocycles. The van der Waals surface area contributed by atoms with Crippen molar-refractivity contribution in [2.75, 3.05) is 19.0 Å². The number of benzene rings is 2. The van der Waals surface area contributed by atoms with Crippen molar-refractivity contribution in [3.63, 3.8) is 0 Å². The highest BCUT2D eigenvalue weighted by atomic mass is 79.9. The Morgan fingerprint density at radius 2 is 1.92 bits per heavy atom. The Balaban J connectivity index is 2.14. The Hall–Kier alpha value is -2.34. The molecule has 0 aromatic heterocycles. The third-order valence-electron chi connectivity index (χ3n) is 3.53. The molecule has 0 aliphatic rings. The maximum atomic E-state index is 12.5. The largest absolute Gasteiger partial charge is 0.492 e. The summed E-state index contributed by atoms with van der Waals surface area (Å²) in [6.07, 6.45) is 2.02. The van der Waals surface area contributed by atoms with Crippen LogP contribution in [0.15, 0.2) is 46.9 Å². The van der Waals surface area contributed by atoms with Crippen molar-refractivity contribution in [1.82, 2.24) is 0 Å². The molecule has 2 rings (SSSR count). The highest BCUT2D eigenvalue weighted by molar-refractivity contribution is 9.10. The molecule has 0 unspecified atom stereocenters. The number of rotatable bonds is 7. The van der Waals surface area contributed by atoms with E-state index < -0.39 is 5.97 Å². The van der Waals surface area contributed by atoms with Gasteiger partial charge in [0.05, 0.1) is 29.4 Å². The number of hydrogen-bond acceptors (Lipinski definition) is 4. The molecular formula is C19H20BrNO4. The van der Waals surface area contributed by atoms with Gasteiger partial charge in [-0.05, 0) is 52.7 Å². The van der Waals surface area contributed by atoms with Gasteiger partial charge in [-0.2, -0.15) is 0 Å². The zero-order valence-corrected chi connectivity index (χ0v) is 15.8. The van der Waals surface area contributed by atoms with Crippen molar-refractivity contribution in [3.05, 3.63) is 58.1 Å². The van der Waals surface area contributed by atoms with Gasteiger partial charge in [0.25, 0.3) is 5.91 Å². The summed E-state index contributed by atoms with van der Waals surface area (Å²) >= 11 is 3.42. The molecular weight excluding hydrogens is 386 g/mol. The Morgan fingerprint density at radius 1 is 1.16 bits per heavy atom. The SMILES string of the molecule is CCCCOc1ccc(C(=O)Nc2ccccc2C(=O)OC)cc1Br. The van der Waals surface area contributed by atoms with E-state index in [2.05, 4.69) is 28.2 Å². The molecule has 132 valence electrons. The van der Waals surface area contributed by atoms with Gasteiger partial charge in [0.1, 0.15) is 5.75 Å². The molecule has 6 heteroatoms. The van der Waals surface area contributed by atoms with Gasteiger partial charge in [0, 0.05) is 5.56 Å². The van der Waals surface area contributed by atoms with Crippen molar-refractivity contribution in [2.45, 2.75) is 19.8 Å². The van der Waals surface area contributed by atoms with E-state index in [1.807, 2.05) is 0 Å². The van der Waals surface area contributed by atoms with E-state index in [9.17, 15) is 9.59 Å². The summed E-state index contributed by atoms with van der Waals surface area (Å²) in [4.78, 5) is 24.3. The summed E-state index contributed by atoms with van der Waals surface area (Å²) in [5, 5.41) is 2.74. The Morgan fingerprint density at radius 3 is 2.60 bits per heavy atom. The number of methoxy groups -OCH3 is 1. The first-order valence-electron chi connectivity index (χ1n) is 7.97. The molecule has 0 heterocycles. The van der Waals surface area contributed by atoms with Crippen molar-refractivity contribution < 1.29 is 19.1 Å². The van der Waals surface area contributed by atoms with Gasteiger partial charge in [-0.3, -0.25) is 4.79 Å². The van der Waals surface area contributed by atoms with Gasteiger partial charge < -0.3 is 14.8 Å². The van der Waals surface area contributed by atoms with E-state index in [1.165, 1.54) is 7.11 Å². The van der Waals surface area contributed by atoms with Crippen LogP contribution in [0, 0.1) is 0 Å². The number of para-hydroxylation sites is 1. The van der Waals surface area contributed by atoms with Crippen LogP contribution in [-0.2, 0) is 4.74 Å². The summed E-state index contributed by atoms with van der Waals surface area (Å²) in [5.41, 5.74) is 1.16. The second kappa shape index (κ2) is 9.22.